The zero-order valence-corrected chi connectivity index (χ0v) is 15.4. The fraction of sp³-hybridized carbons (Fsp3) is 0. The van der Waals surface area contributed by atoms with Crippen molar-refractivity contribution in [3.63, 3.8) is 0 Å². The molecule has 2 aromatic carbocycles. The molecule has 0 spiro atoms. The smallest absolute Gasteiger partial charge is 0.312 e. The first-order valence-corrected chi connectivity index (χ1v) is 9.12. The second kappa shape index (κ2) is 7.32. The van der Waals surface area contributed by atoms with E-state index in [9.17, 15) is 23.6 Å². The molecule has 0 aromatic heterocycles. The van der Waals surface area contributed by atoms with Crippen LogP contribution in [-0.4, -0.2) is 24.7 Å². The predicted octanol–water partition coefficient (Wildman–Crippen LogP) is 2.87. The van der Waals surface area contributed by atoms with Crippen molar-refractivity contribution in [3.05, 3.63) is 60.7 Å². The number of hydrogen-bond acceptors (Lipinski definition) is 6. The largest absolute Gasteiger partial charge is 0.502 e. The minimum Gasteiger partial charge on any atom is -0.502 e. The van der Waals surface area contributed by atoms with E-state index < -0.39 is 26.4 Å². The van der Waals surface area contributed by atoms with Crippen LogP contribution in [0.5, 0.6) is 5.75 Å². The van der Waals surface area contributed by atoms with Crippen LogP contribution in [0, 0.1) is 13.7 Å². The van der Waals surface area contributed by atoms with Crippen LogP contribution in [0.4, 0.5) is 5.69 Å². The molecule has 0 aliphatic rings. The Labute approximate surface area is 155 Å². The highest BCUT2D eigenvalue weighted by Crippen LogP contribution is 2.30. The molecule has 2 rings (SSSR count). The van der Waals surface area contributed by atoms with Crippen LogP contribution in [0.1, 0.15) is 5.56 Å². The topological polar surface area (TPSA) is 122 Å². The van der Waals surface area contributed by atoms with Crippen molar-refractivity contribution >= 4 is 56.1 Å². The van der Waals surface area contributed by atoms with E-state index in [0.29, 0.717) is 8.59 Å². The van der Waals surface area contributed by atoms with E-state index in [1.165, 1.54) is 36.4 Å². The molecule has 0 fully saturated rings. The SMILES string of the molecule is O=[N+]([O-])c1cc(I)cc(/C=N/NS(=O)(=O)c2ccc(Cl)cc2)c1O. The van der Waals surface area contributed by atoms with E-state index in [1.54, 1.807) is 0 Å². The maximum atomic E-state index is 12.0. The van der Waals surface area contributed by atoms with Crippen molar-refractivity contribution in [1.82, 2.24) is 4.83 Å². The van der Waals surface area contributed by atoms with Gasteiger partial charge < -0.3 is 5.11 Å². The van der Waals surface area contributed by atoms with Gasteiger partial charge in [0.15, 0.2) is 0 Å². The summed E-state index contributed by atoms with van der Waals surface area (Å²) in [6.45, 7) is 0. The van der Waals surface area contributed by atoms with E-state index in [1.807, 2.05) is 27.4 Å². The van der Waals surface area contributed by atoms with Crippen LogP contribution in [0.2, 0.25) is 5.02 Å². The first-order valence-electron chi connectivity index (χ1n) is 6.18. The highest BCUT2D eigenvalue weighted by Gasteiger charge is 2.18. The van der Waals surface area contributed by atoms with Crippen molar-refractivity contribution in [2.75, 3.05) is 0 Å². The molecule has 0 atom stereocenters. The molecule has 0 aliphatic heterocycles. The van der Waals surface area contributed by atoms with Crippen LogP contribution in [0.15, 0.2) is 46.4 Å². The van der Waals surface area contributed by atoms with Gasteiger partial charge in [0.1, 0.15) is 0 Å². The van der Waals surface area contributed by atoms with Gasteiger partial charge in [0.25, 0.3) is 10.0 Å². The molecule has 0 radical (unpaired) electrons. The number of nitrogens with one attached hydrogen (secondary N) is 1. The average molecular weight is 482 g/mol. The van der Waals surface area contributed by atoms with Gasteiger partial charge in [0.05, 0.1) is 16.0 Å². The molecular weight excluding hydrogens is 473 g/mol. The highest BCUT2D eigenvalue weighted by atomic mass is 127. The van der Waals surface area contributed by atoms with Crippen molar-refractivity contribution in [2.24, 2.45) is 5.10 Å². The van der Waals surface area contributed by atoms with Gasteiger partial charge in [-0.1, -0.05) is 11.6 Å². The van der Waals surface area contributed by atoms with E-state index >= 15 is 0 Å². The molecule has 0 aliphatic carbocycles. The van der Waals surface area contributed by atoms with Crippen LogP contribution >= 0.6 is 34.2 Å². The maximum absolute atomic E-state index is 12.0. The first-order chi connectivity index (χ1) is 11.2. The predicted molar refractivity (Wildman–Crippen MR) is 96.8 cm³/mol. The van der Waals surface area contributed by atoms with Crippen LogP contribution in [-0.2, 0) is 10.0 Å². The van der Waals surface area contributed by atoms with E-state index in [0.717, 1.165) is 6.21 Å². The number of nitrogens with zero attached hydrogens (tertiary/aromatic N) is 2. The number of hydrogen-bond donors (Lipinski definition) is 2. The lowest BCUT2D eigenvalue weighted by atomic mass is 10.2. The Kier molecular flexibility index (Phi) is 5.62. The molecule has 24 heavy (non-hydrogen) atoms. The Morgan fingerprint density at radius 2 is 1.92 bits per heavy atom. The Hall–Kier alpha value is -1.92. The highest BCUT2D eigenvalue weighted by molar-refractivity contribution is 14.1. The van der Waals surface area contributed by atoms with Gasteiger partial charge in [-0.15, -0.1) is 0 Å². The molecule has 0 amide bonds. The van der Waals surface area contributed by atoms with Gasteiger partial charge in [-0.2, -0.15) is 13.5 Å². The molecule has 126 valence electrons. The molecule has 11 heteroatoms. The van der Waals surface area contributed by atoms with Gasteiger partial charge in [-0.05, 0) is 52.9 Å². The van der Waals surface area contributed by atoms with E-state index in [4.69, 9.17) is 11.6 Å². The zero-order valence-electron chi connectivity index (χ0n) is 11.7. The Morgan fingerprint density at radius 1 is 1.29 bits per heavy atom. The third kappa shape index (κ3) is 4.33. The number of phenolic OH excluding ortho intramolecular Hbond substituents is 1. The summed E-state index contributed by atoms with van der Waals surface area (Å²) in [7, 11) is -3.92. The number of nitro groups is 1. The fourth-order valence-corrected chi connectivity index (χ4v) is 3.22. The quantitative estimate of drug-likeness (QED) is 0.294. The van der Waals surface area contributed by atoms with Gasteiger partial charge in [-0.3, -0.25) is 10.1 Å². The van der Waals surface area contributed by atoms with E-state index in [-0.39, 0.29) is 10.5 Å². The van der Waals surface area contributed by atoms with Crippen molar-refractivity contribution < 1.29 is 18.4 Å². The number of hydrazone groups is 1. The number of aromatic hydroxyl groups is 1. The van der Waals surface area contributed by atoms with Crippen LogP contribution in [0.25, 0.3) is 0 Å². The summed E-state index contributed by atoms with van der Waals surface area (Å²) < 4.78 is 24.5. The third-order valence-corrected chi connectivity index (χ3v) is 4.89. The van der Waals surface area contributed by atoms with Crippen LogP contribution < -0.4 is 4.83 Å². The van der Waals surface area contributed by atoms with Crippen molar-refractivity contribution in [3.8, 4) is 5.75 Å². The Bertz CT molecular complexity index is 916. The van der Waals surface area contributed by atoms with Gasteiger partial charge in [0.2, 0.25) is 5.75 Å². The molecule has 0 bridgehead atoms. The molecule has 8 nitrogen and oxygen atoms in total. The summed E-state index contributed by atoms with van der Waals surface area (Å²) in [5, 5.41) is 24.6. The molecule has 0 heterocycles. The lowest BCUT2D eigenvalue weighted by Crippen LogP contribution is -2.18. The molecule has 0 unspecified atom stereocenters. The van der Waals surface area contributed by atoms with Gasteiger partial charge >= 0.3 is 5.69 Å². The van der Waals surface area contributed by atoms with Gasteiger partial charge in [0, 0.05) is 20.2 Å². The molecule has 0 saturated carbocycles. The minimum atomic E-state index is -3.92. The number of rotatable bonds is 5. The number of sulfonamides is 1. The fourth-order valence-electron chi connectivity index (χ4n) is 1.67. The monoisotopic (exact) mass is 481 g/mol. The second-order valence-corrected chi connectivity index (χ2v) is 7.77. The number of phenols is 1. The second-order valence-electron chi connectivity index (χ2n) is 4.43. The normalized spacial score (nSPS) is 11.6. The minimum absolute atomic E-state index is 0.00686. The molecule has 0 saturated heterocycles. The number of halogens is 2. The Balaban J connectivity index is 2.26. The summed E-state index contributed by atoms with van der Waals surface area (Å²) in [5.74, 6) is -0.602. The average Bonchev–Trinajstić information content (AvgIpc) is 2.50. The van der Waals surface area contributed by atoms with Crippen molar-refractivity contribution in [2.45, 2.75) is 4.90 Å². The summed E-state index contributed by atoms with van der Waals surface area (Å²) in [4.78, 5) is 12.0. The van der Waals surface area contributed by atoms with E-state index in [2.05, 4.69) is 5.10 Å². The van der Waals surface area contributed by atoms with Gasteiger partial charge in [-0.25, -0.2) is 4.83 Å². The first kappa shape index (κ1) is 18.4. The van der Waals surface area contributed by atoms with Crippen molar-refractivity contribution in [1.29, 1.82) is 0 Å². The summed E-state index contributed by atoms with van der Waals surface area (Å²) in [6.07, 6.45) is 0.984. The lowest BCUT2D eigenvalue weighted by molar-refractivity contribution is -0.386. The maximum Gasteiger partial charge on any atom is 0.312 e. The summed E-state index contributed by atoms with van der Waals surface area (Å²) in [6, 6.07) is 8.03. The lowest BCUT2D eigenvalue weighted by Gasteiger charge is -2.04. The molecular formula is C13H9ClIN3O5S. The number of nitro benzene ring substituents is 1. The third-order valence-electron chi connectivity index (χ3n) is 2.78. The van der Waals surface area contributed by atoms with Crippen LogP contribution in [0.3, 0.4) is 0 Å². The molecule has 2 aromatic rings. The standard InChI is InChI=1S/C13H9ClIN3O5S/c14-9-1-3-11(4-2-9)24(22,23)17-16-7-8-5-10(15)6-12(13(8)19)18(20)21/h1-7,17,19H/b16-7+. The Morgan fingerprint density at radius 3 is 2.50 bits per heavy atom. The molecule has 2 N–H and O–H groups in total. The summed E-state index contributed by atoms with van der Waals surface area (Å²) >= 11 is 7.52. The summed E-state index contributed by atoms with van der Waals surface area (Å²) in [5.41, 5.74) is -0.490. The zero-order chi connectivity index (χ0) is 17.9. The number of benzene rings is 2.